The maximum absolute atomic E-state index is 13.8. The number of methoxy groups -OCH3 is 1. The van der Waals surface area contributed by atoms with Gasteiger partial charge in [-0.25, -0.2) is 9.07 Å². The Labute approximate surface area is 232 Å². The Morgan fingerprint density at radius 2 is 1.70 bits per heavy atom. The molecule has 0 spiro atoms. The molecule has 0 aliphatic carbocycles. The summed E-state index contributed by atoms with van der Waals surface area (Å²) in [4.78, 5) is 19.0. The highest BCUT2D eigenvalue weighted by molar-refractivity contribution is 5.80. The van der Waals surface area contributed by atoms with Crippen molar-refractivity contribution in [2.24, 2.45) is 0 Å². The molecule has 2 aromatic heterocycles. The number of nitrogens with zero attached hydrogens (tertiary/aromatic N) is 5. The second kappa shape index (κ2) is 11.4. The lowest BCUT2D eigenvalue weighted by atomic mass is 9.98. The molecule has 5 rings (SSSR count). The second-order valence-corrected chi connectivity index (χ2v) is 10.5. The third-order valence-electron chi connectivity index (χ3n) is 7.44. The third kappa shape index (κ3) is 5.65. The number of hydrogen-bond acceptors (Lipinski definition) is 6. The van der Waals surface area contributed by atoms with Crippen LogP contribution in [0.5, 0.6) is 5.75 Å². The predicted molar refractivity (Wildman–Crippen MR) is 152 cm³/mol. The van der Waals surface area contributed by atoms with Crippen molar-refractivity contribution in [1.29, 1.82) is 0 Å². The minimum Gasteiger partial charge on any atom is -0.497 e. The Balaban J connectivity index is 1.74. The third-order valence-corrected chi connectivity index (χ3v) is 7.44. The van der Waals surface area contributed by atoms with Crippen LogP contribution in [-0.4, -0.2) is 37.2 Å². The fourth-order valence-corrected chi connectivity index (χ4v) is 4.86. The average Bonchev–Trinajstić information content (AvgIpc) is 3.45. The quantitative estimate of drug-likeness (QED) is 0.248. The van der Waals surface area contributed by atoms with Crippen molar-refractivity contribution in [2.45, 2.75) is 51.9 Å². The van der Waals surface area contributed by atoms with Crippen LogP contribution in [0.25, 0.3) is 10.9 Å². The minimum absolute atomic E-state index is 0.233. The molecule has 0 bridgehead atoms. The van der Waals surface area contributed by atoms with E-state index in [1.807, 2.05) is 59.3 Å². The van der Waals surface area contributed by atoms with E-state index in [2.05, 4.69) is 46.2 Å². The van der Waals surface area contributed by atoms with Gasteiger partial charge in [0.2, 0.25) is 0 Å². The molecular weight excluding hydrogens is 507 g/mol. The highest BCUT2D eigenvalue weighted by atomic mass is 19.1. The molecule has 0 amide bonds. The maximum Gasteiger partial charge on any atom is 0.253 e. The number of halogens is 1. The molecule has 0 unspecified atom stereocenters. The summed E-state index contributed by atoms with van der Waals surface area (Å²) in [6.45, 7) is 7.14. The van der Waals surface area contributed by atoms with Gasteiger partial charge < -0.3 is 9.72 Å². The van der Waals surface area contributed by atoms with E-state index >= 15 is 0 Å². The van der Waals surface area contributed by atoms with E-state index in [-0.39, 0.29) is 11.4 Å². The first-order chi connectivity index (χ1) is 19.3. The molecule has 0 fully saturated rings. The zero-order valence-electron chi connectivity index (χ0n) is 23.1. The smallest absolute Gasteiger partial charge is 0.253 e. The van der Waals surface area contributed by atoms with Gasteiger partial charge in [0.05, 0.1) is 12.6 Å². The molecule has 3 aromatic carbocycles. The Hall–Kier alpha value is -4.37. The van der Waals surface area contributed by atoms with Crippen molar-refractivity contribution in [3.05, 3.63) is 118 Å². The van der Waals surface area contributed by atoms with Crippen LogP contribution in [0.3, 0.4) is 0 Å². The summed E-state index contributed by atoms with van der Waals surface area (Å²) in [5.74, 6) is 0.938. The van der Waals surface area contributed by atoms with E-state index in [1.54, 1.807) is 19.2 Å². The lowest BCUT2D eigenvalue weighted by molar-refractivity contribution is 0.180. The SMILES string of the molecule is CCC(C)(C)n1nnnc1[C@H](c1cc2cc(OC)ccc2[nH]c1=O)N(Cc1ccccc1)Cc1ccc(F)cc1. The molecule has 8 nitrogen and oxygen atoms in total. The standard InChI is InChI=1S/C31H33FN6O2/c1-5-31(2,3)38-29(34-35-36-38)28(26-18-23-17-25(40-4)15-16-27(23)33-30(26)39)37(19-21-9-7-6-8-10-21)20-22-11-13-24(32)14-12-22/h6-18,28H,5,19-20H2,1-4H3,(H,33,39)/t28-/m0/s1. The van der Waals surface area contributed by atoms with Gasteiger partial charge in [-0.1, -0.05) is 49.4 Å². The first-order valence-electron chi connectivity index (χ1n) is 13.3. The number of fused-ring (bicyclic) bond motifs is 1. The molecule has 0 saturated heterocycles. The molecule has 0 aliphatic heterocycles. The molecule has 0 aliphatic rings. The van der Waals surface area contributed by atoms with Gasteiger partial charge in [-0.3, -0.25) is 9.69 Å². The van der Waals surface area contributed by atoms with Gasteiger partial charge in [0.15, 0.2) is 5.82 Å². The summed E-state index contributed by atoms with van der Waals surface area (Å²) < 4.78 is 21.1. The van der Waals surface area contributed by atoms with Crippen LogP contribution in [-0.2, 0) is 18.6 Å². The van der Waals surface area contributed by atoms with Crippen molar-refractivity contribution >= 4 is 10.9 Å². The zero-order chi connectivity index (χ0) is 28.3. The number of rotatable bonds is 10. The van der Waals surface area contributed by atoms with E-state index in [4.69, 9.17) is 4.74 Å². The van der Waals surface area contributed by atoms with E-state index in [0.717, 1.165) is 22.9 Å². The first kappa shape index (κ1) is 27.2. The number of aromatic nitrogens is 5. The van der Waals surface area contributed by atoms with Crippen molar-refractivity contribution in [1.82, 2.24) is 30.1 Å². The van der Waals surface area contributed by atoms with E-state index in [0.29, 0.717) is 35.7 Å². The Kier molecular flexibility index (Phi) is 7.75. The van der Waals surface area contributed by atoms with Gasteiger partial charge in [-0.15, -0.1) is 5.10 Å². The predicted octanol–water partition coefficient (Wildman–Crippen LogP) is 5.60. The molecule has 1 N–H and O–H groups in total. The number of pyridine rings is 1. The summed E-state index contributed by atoms with van der Waals surface area (Å²) in [6, 6.07) is 23.3. The molecule has 206 valence electrons. The normalized spacial score (nSPS) is 12.7. The van der Waals surface area contributed by atoms with Crippen molar-refractivity contribution in [2.75, 3.05) is 7.11 Å². The maximum atomic E-state index is 13.8. The van der Waals surface area contributed by atoms with E-state index in [1.165, 1.54) is 12.1 Å². The first-order valence-corrected chi connectivity index (χ1v) is 13.3. The number of tetrazole rings is 1. The van der Waals surface area contributed by atoms with Gasteiger partial charge >= 0.3 is 0 Å². The van der Waals surface area contributed by atoms with Crippen LogP contribution >= 0.6 is 0 Å². The van der Waals surface area contributed by atoms with Gasteiger partial charge in [-0.2, -0.15) is 0 Å². The van der Waals surface area contributed by atoms with Gasteiger partial charge in [0.1, 0.15) is 17.6 Å². The van der Waals surface area contributed by atoms with Crippen molar-refractivity contribution in [3.8, 4) is 5.75 Å². The summed E-state index contributed by atoms with van der Waals surface area (Å²) >= 11 is 0. The molecule has 9 heteroatoms. The number of H-pyrrole nitrogens is 1. The molecule has 5 aromatic rings. The van der Waals surface area contributed by atoms with Gasteiger partial charge in [-0.05, 0) is 78.2 Å². The van der Waals surface area contributed by atoms with Crippen LogP contribution in [0.4, 0.5) is 4.39 Å². The Morgan fingerprint density at radius 1 is 1.00 bits per heavy atom. The Bertz CT molecular complexity index is 1650. The van der Waals surface area contributed by atoms with Crippen LogP contribution in [0, 0.1) is 5.82 Å². The molecule has 40 heavy (non-hydrogen) atoms. The number of nitrogens with one attached hydrogen (secondary N) is 1. The highest BCUT2D eigenvalue weighted by Gasteiger charge is 2.34. The van der Waals surface area contributed by atoms with Crippen LogP contribution in [0.2, 0.25) is 0 Å². The zero-order valence-corrected chi connectivity index (χ0v) is 23.1. The van der Waals surface area contributed by atoms with Crippen LogP contribution in [0.1, 0.15) is 55.7 Å². The number of hydrogen-bond donors (Lipinski definition) is 1. The highest BCUT2D eigenvalue weighted by Crippen LogP contribution is 2.33. The van der Waals surface area contributed by atoms with E-state index < -0.39 is 11.6 Å². The van der Waals surface area contributed by atoms with Crippen LogP contribution in [0.15, 0.2) is 83.7 Å². The van der Waals surface area contributed by atoms with Crippen molar-refractivity contribution in [3.63, 3.8) is 0 Å². The lowest BCUT2D eigenvalue weighted by Crippen LogP contribution is -2.38. The largest absolute Gasteiger partial charge is 0.497 e. The fourth-order valence-electron chi connectivity index (χ4n) is 4.86. The summed E-state index contributed by atoms with van der Waals surface area (Å²) in [7, 11) is 1.61. The molecule has 0 radical (unpaired) electrons. The van der Waals surface area contributed by atoms with Gasteiger partial charge in [0, 0.05) is 29.6 Å². The summed E-state index contributed by atoms with van der Waals surface area (Å²) in [5, 5.41) is 13.8. The average molecular weight is 541 g/mol. The van der Waals surface area contributed by atoms with Crippen molar-refractivity contribution < 1.29 is 9.13 Å². The van der Waals surface area contributed by atoms with Crippen LogP contribution < -0.4 is 10.3 Å². The Morgan fingerprint density at radius 3 is 2.38 bits per heavy atom. The minimum atomic E-state index is -0.620. The topological polar surface area (TPSA) is 88.9 Å². The monoisotopic (exact) mass is 540 g/mol. The number of aromatic amines is 1. The second-order valence-electron chi connectivity index (χ2n) is 10.5. The lowest BCUT2D eigenvalue weighted by Gasteiger charge is -2.33. The van der Waals surface area contributed by atoms with E-state index in [9.17, 15) is 9.18 Å². The molecule has 0 saturated carbocycles. The van der Waals surface area contributed by atoms with Gasteiger partial charge in [0.25, 0.3) is 5.56 Å². The molecular formula is C31H33FN6O2. The fraction of sp³-hybridized carbons (Fsp3) is 0.290. The molecule has 1 atom stereocenters. The number of benzene rings is 3. The number of ether oxygens (including phenoxy) is 1. The summed E-state index contributed by atoms with van der Waals surface area (Å²) in [6.07, 6.45) is 0.777. The molecule has 2 heterocycles. The summed E-state index contributed by atoms with van der Waals surface area (Å²) in [5.41, 5.74) is 2.52.